The summed E-state index contributed by atoms with van der Waals surface area (Å²) in [5.41, 5.74) is 5.01. The van der Waals surface area contributed by atoms with Crippen molar-refractivity contribution in [3.8, 4) is 6.07 Å². The highest BCUT2D eigenvalue weighted by Crippen LogP contribution is 2.17. The standard InChI is InChI=1S/C9H15N3O2/c1-12(5-2-4-10)8(13)9(11)3-6-14-7-9/h2-3,5-7,11H2,1H3. The van der Waals surface area contributed by atoms with Crippen LogP contribution in [0.5, 0.6) is 0 Å². The molecule has 78 valence electrons. The molecule has 1 heterocycles. The van der Waals surface area contributed by atoms with Crippen molar-refractivity contribution in [2.45, 2.75) is 18.4 Å². The molecule has 0 bridgehead atoms. The van der Waals surface area contributed by atoms with Crippen LogP contribution in [0.2, 0.25) is 0 Å². The van der Waals surface area contributed by atoms with Crippen LogP contribution >= 0.6 is 0 Å². The Morgan fingerprint density at radius 2 is 2.50 bits per heavy atom. The minimum atomic E-state index is -0.871. The average Bonchev–Trinajstić information content (AvgIpc) is 2.61. The van der Waals surface area contributed by atoms with Gasteiger partial charge in [-0.15, -0.1) is 0 Å². The molecule has 0 aromatic heterocycles. The average molecular weight is 197 g/mol. The first-order valence-corrected chi connectivity index (χ1v) is 4.59. The zero-order chi connectivity index (χ0) is 10.6. The number of nitrogens with zero attached hydrogens (tertiary/aromatic N) is 2. The van der Waals surface area contributed by atoms with Crippen LogP contribution in [0.3, 0.4) is 0 Å². The van der Waals surface area contributed by atoms with Crippen molar-refractivity contribution in [3.05, 3.63) is 0 Å². The second kappa shape index (κ2) is 4.40. The van der Waals surface area contributed by atoms with Crippen molar-refractivity contribution < 1.29 is 9.53 Å². The van der Waals surface area contributed by atoms with Gasteiger partial charge in [-0.05, 0) is 6.42 Å². The highest BCUT2D eigenvalue weighted by atomic mass is 16.5. The molecular weight excluding hydrogens is 182 g/mol. The summed E-state index contributed by atoms with van der Waals surface area (Å²) in [5, 5.41) is 8.38. The largest absolute Gasteiger partial charge is 0.379 e. The lowest BCUT2D eigenvalue weighted by Gasteiger charge is -2.26. The molecular formula is C9H15N3O2. The molecule has 5 heteroatoms. The molecule has 1 saturated heterocycles. The van der Waals surface area contributed by atoms with Crippen molar-refractivity contribution in [3.63, 3.8) is 0 Å². The van der Waals surface area contributed by atoms with E-state index in [9.17, 15) is 4.79 Å². The third-order valence-electron chi connectivity index (χ3n) is 2.38. The van der Waals surface area contributed by atoms with Gasteiger partial charge in [0.15, 0.2) is 0 Å². The first-order valence-electron chi connectivity index (χ1n) is 4.59. The third-order valence-corrected chi connectivity index (χ3v) is 2.38. The zero-order valence-electron chi connectivity index (χ0n) is 8.32. The maximum Gasteiger partial charge on any atom is 0.244 e. The molecule has 1 rings (SSSR count). The number of amides is 1. The van der Waals surface area contributed by atoms with Crippen LogP contribution in [-0.4, -0.2) is 43.2 Å². The van der Waals surface area contributed by atoms with Gasteiger partial charge in [0.25, 0.3) is 0 Å². The van der Waals surface area contributed by atoms with E-state index in [0.29, 0.717) is 26.0 Å². The molecule has 0 radical (unpaired) electrons. The van der Waals surface area contributed by atoms with Crippen LogP contribution in [0.4, 0.5) is 0 Å². The summed E-state index contributed by atoms with van der Waals surface area (Å²) < 4.78 is 5.10. The summed E-state index contributed by atoms with van der Waals surface area (Å²) in [5.74, 6) is -0.134. The van der Waals surface area contributed by atoms with E-state index < -0.39 is 5.54 Å². The molecule has 0 saturated carbocycles. The maximum absolute atomic E-state index is 11.8. The molecule has 2 N–H and O–H groups in total. The van der Waals surface area contributed by atoms with Gasteiger partial charge in [0.1, 0.15) is 5.54 Å². The highest BCUT2D eigenvalue weighted by Gasteiger charge is 2.39. The third kappa shape index (κ3) is 2.22. The summed E-state index contributed by atoms with van der Waals surface area (Å²) in [6, 6.07) is 1.99. The molecule has 1 amide bonds. The van der Waals surface area contributed by atoms with E-state index in [4.69, 9.17) is 15.7 Å². The lowest BCUT2D eigenvalue weighted by molar-refractivity contribution is -0.135. The molecule has 14 heavy (non-hydrogen) atoms. The molecule has 1 aliphatic heterocycles. The first-order chi connectivity index (χ1) is 6.60. The van der Waals surface area contributed by atoms with Crippen molar-refractivity contribution in [2.24, 2.45) is 5.73 Å². The second-order valence-electron chi connectivity index (χ2n) is 3.59. The molecule has 0 spiro atoms. The highest BCUT2D eigenvalue weighted by molar-refractivity contribution is 5.86. The Balaban J connectivity index is 2.51. The number of hydrogen-bond acceptors (Lipinski definition) is 4. The van der Waals surface area contributed by atoms with Crippen molar-refractivity contribution in [1.29, 1.82) is 5.26 Å². The van der Waals surface area contributed by atoms with Gasteiger partial charge in [-0.3, -0.25) is 4.79 Å². The molecule has 1 fully saturated rings. The van der Waals surface area contributed by atoms with Gasteiger partial charge < -0.3 is 15.4 Å². The van der Waals surface area contributed by atoms with Gasteiger partial charge in [-0.25, -0.2) is 0 Å². The van der Waals surface area contributed by atoms with Gasteiger partial charge in [0.05, 0.1) is 19.1 Å². The predicted octanol–water partition coefficient (Wildman–Crippen LogP) is -0.524. The first kappa shape index (κ1) is 11.0. The van der Waals surface area contributed by atoms with Crippen LogP contribution < -0.4 is 5.73 Å². The molecule has 1 aliphatic rings. The van der Waals surface area contributed by atoms with E-state index in [1.165, 1.54) is 4.90 Å². The van der Waals surface area contributed by atoms with Crippen LogP contribution in [0.1, 0.15) is 12.8 Å². The molecule has 5 nitrogen and oxygen atoms in total. The predicted molar refractivity (Wildman–Crippen MR) is 50.2 cm³/mol. The number of likely N-dealkylation sites (N-methyl/N-ethyl adjacent to an activating group) is 1. The monoisotopic (exact) mass is 197 g/mol. The molecule has 0 aliphatic carbocycles. The molecule has 0 aromatic carbocycles. The Bertz CT molecular complexity index is 253. The number of nitriles is 1. The number of hydrogen-bond donors (Lipinski definition) is 1. The lowest BCUT2D eigenvalue weighted by atomic mass is 9.98. The fraction of sp³-hybridized carbons (Fsp3) is 0.778. The van der Waals surface area contributed by atoms with E-state index >= 15 is 0 Å². The maximum atomic E-state index is 11.8. The number of rotatable bonds is 3. The van der Waals surface area contributed by atoms with E-state index in [0.717, 1.165) is 0 Å². The minimum Gasteiger partial charge on any atom is -0.379 e. The van der Waals surface area contributed by atoms with Crippen molar-refractivity contribution >= 4 is 5.91 Å². The van der Waals surface area contributed by atoms with E-state index in [2.05, 4.69) is 0 Å². The Hall–Kier alpha value is -1.12. The number of carbonyl (C=O) groups excluding carboxylic acids is 1. The van der Waals surface area contributed by atoms with E-state index in [-0.39, 0.29) is 12.5 Å². The summed E-state index contributed by atoms with van der Waals surface area (Å²) in [4.78, 5) is 13.3. The van der Waals surface area contributed by atoms with Crippen molar-refractivity contribution in [2.75, 3.05) is 26.8 Å². The van der Waals surface area contributed by atoms with Crippen LogP contribution in [0.25, 0.3) is 0 Å². The summed E-state index contributed by atoms with van der Waals surface area (Å²) in [6.07, 6.45) is 0.891. The molecule has 1 atom stereocenters. The summed E-state index contributed by atoms with van der Waals surface area (Å²) >= 11 is 0. The fourth-order valence-corrected chi connectivity index (χ4v) is 1.45. The van der Waals surface area contributed by atoms with Crippen molar-refractivity contribution in [1.82, 2.24) is 4.90 Å². The van der Waals surface area contributed by atoms with Crippen LogP contribution in [0, 0.1) is 11.3 Å². The normalized spacial score (nSPS) is 25.8. The lowest BCUT2D eigenvalue weighted by Crippen LogP contribution is -2.55. The van der Waals surface area contributed by atoms with Crippen LogP contribution in [-0.2, 0) is 9.53 Å². The van der Waals surface area contributed by atoms with Gasteiger partial charge in [0, 0.05) is 20.2 Å². The van der Waals surface area contributed by atoms with Gasteiger partial charge in [-0.1, -0.05) is 0 Å². The quantitative estimate of drug-likeness (QED) is 0.660. The minimum absolute atomic E-state index is 0.134. The second-order valence-corrected chi connectivity index (χ2v) is 3.59. The van der Waals surface area contributed by atoms with Gasteiger partial charge >= 0.3 is 0 Å². The van der Waals surface area contributed by atoms with Gasteiger partial charge in [0.2, 0.25) is 5.91 Å². The summed E-state index contributed by atoms with van der Waals surface area (Å²) in [6.45, 7) is 1.24. The Morgan fingerprint density at radius 1 is 1.79 bits per heavy atom. The van der Waals surface area contributed by atoms with Gasteiger partial charge in [-0.2, -0.15) is 5.26 Å². The molecule has 0 aromatic rings. The zero-order valence-corrected chi connectivity index (χ0v) is 8.32. The summed E-state index contributed by atoms with van der Waals surface area (Å²) in [7, 11) is 1.66. The number of carbonyl (C=O) groups is 1. The Morgan fingerprint density at radius 3 is 3.00 bits per heavy atom. The fourth-order valence-electron chi connectivity index (χ4n) is 1.45. The van der Waals surface area contributed by atoms with Crippen LogP contribution in [0.15, 0.2) is 0 Å². The smallest absolute Gasteiger partial charge is 0.244 e. The SMILES string of the molecule is CN(CCC#N)C(=O)C1(N)CCOC1. The van der Waals surface area contributed by atoms with E-state index in [1.807, 2.05) is 6.07 Å². The topological polar surface area (TPSA) is 79.4 Å². The van der Waals surface area contributed by atoms with E-state index in [1.54, 1.807) is 7.05 Å². The number of ether oxygens (including phenoxy) is 1. The Labute approximate surface area is 83.4 Å². The molecule has 1 unspecified atom stereocenters. The number of nitrogens with two attached hydrogens (primary N) is 1. The Kier molecular flexibility index (Phi) is 3.44.